The number of aromatic nitrogens is 4. The predicted octanol–water partition coefficient (Wildman–Crippen LogP) is 1.97. The zero-order valence-corrected chi connectivity index (χ0v) is 17.6. The van der Waals surface area contributed by atoms with Gasteiger partial charge in [-0.1, -0.05) is 0 Å². The first kappa shape index (κ1) is 19.7. The molecular formula is C21H30N6O2. The summed E-state index contributed by atoms with van der Waals surface area (Å²) in [5.41, 5.74) is 3.55. The van der Waals surface area contributed by atoms with Gasteiger partial charge in [-0.2, -0.15) is 10.2 Å². The average Bonchev–Trinajstić information content (AvgIpc) is 3.23. The van der Waals surface area contributed by atoms with Gasteiger partial charge in [0.1, 0.15) is 12.2 Å². The molecule has 0 radical (unpaired) electrons. The summed E-state index contributed by atoms with van der Waals surface area (Å²) in [6.07, 6.45) is 2.86. The van der Waals surface area contributed by atoms with Crippen molar-refractivity contribution in [2.45, 2.75) is 59.0 Å². The zero-order valence-electron chi connectivity index (χ0n) is 17.6. The van der Waals surface area contributed by atoms with E-state index >= 15 is 0 Å². The van der Waals surface area contributed by atoms with Crippen LogP contribution in [0.25, 0.3) is 0 Å². The third kappa shape index (κ3) is 3.93. The first-order chi connectivity index (χ1) is 14.0. The maximum absolute atomic E-state index is 12.9. The first-order valence-electron chi connectivity index (χ1n) is 10.6. The van der Waals surface area contributed by atoms with Crippen molar-refractivity contribution in [2.75, 3.05) is 26.2 Å². The second kappa shape index (κ2) is 8.00. The minimum Gasteiger partial charge on any atom is -0.340 e. The minimum absolute atomic E-state index is 0.0667. The highest BCUT2D eigenvalue weighted by atomic mass is 16.2. The maximum atomic E-state index is 12.9. The normalized spacial score (nSPS) is 20.0. The number of nitrogens with zero attached hydrogens (tertiary/aromatic N) is 6. The smallest absolute Gasteiger partial charge is 0.272 e. The molecule has 2 amide bonds. The Labute approximate surface area is 171 Å². The standard InChI is InChI=1S/C21H30N6O2/c1-4-24-9-6-10-26-19(21(24)29)12-18(23-26)17-7-5-8-25(13-17)20(28)14-27-16(3)11-15(2)22-27/h11-12,17H,4-10,13-14H2,1-3H3. The fraction of sp³-hybridized carbons (Fsp3) is 0.619. The Morgan fingerprint density at radius 2 is 1.97 bits per heavy atom. The van der Waals surface area contributed by atoms with Crippen LogP contribution in [0.15, 0.2) is 12.1 Å². The van der Waals surface area contributed by atoms with Crippen molar-refractivity contribution in [3.63, 3.8) is 0 Å². The van der Waals surface area contributed by atoms with Crippen molar-refractivity contribution in [3.8, 4) is 0 Å². The molecule has 0 bridgehead atoms. The van der Waals surface area contributed by atoms with Gasteiger partial charge in [0, 0.05) is 44.3 Å². The van der Waals surface area contributed by atoms with Crippen LogP contribution in [-0.4, -0.2) is 67.4 Å². The van der Waals surface area contributed by atoms with Crippen molar-refractivity contribution in [2.24, 2.45) is 0 Å². The van der Waals surface area contributed by atoms with Crippen LogP contribution in [-0.2, 0) is 17.9 Å². The molecular weight excluding hydrogens is 368 g/mol. The van der Waals surface area contributed by atoms with Crippen molar-refractivity contribution in [3.05, 3.63) is 34.9 Å². The van der Waals surface area contributed by atoms with Crippen LogP contribution in [0.4, 0.5) is 0 Å². The molecule has 29 heavy (non-hydrogen) atoms. The third-order valence-corrected chi connectivity index (χ3v) is 6.07. The summed E-state index contributed by atoms with van der Waals surface area (Å²) in [7, 11) is 0. The van der Waals surface area contributed by atoms with E-state index in [9.17, 15) is 9.59 Å². The van der Waals surface area contributed by atoms with Gasteiger partial charge in [-0.15, -0.1) is 0 Å². The van der Waals surface area contributed by atoms with Gasteiger partial charge in [0.15, 0.2) is 0 Å². The summed E-state index contributed by atoms with van der Waals surface area (Å²) >= 11 is 0. The lowest BCUT2D eigenvalue weighted by atomic mass is 9.94. The summed E-state index contributed by atoms with van der Waals surface area (Å²) in [6.45, 7) is 9.89. The van der Waals surface area contributed by atoms with Gasteiger partial charge in [-0.3, -0.25) is 19.0 Å². The van der Waals surface area contributed by atoms with Gasteiger partial charge in [0.05, 0.1) is 11.4 Å². The molecule has 4 heterocycles. The second-order valence-corrected chi connectivity index (χ2v) is 8.18. The molecule has 8 heteroatoms. The molecule has 2 aromatic heterocycles. The Hall–Kier alpha value is -2.64. The molecule has 1 atom stereocenters. The Balaban J connectivity index is 1.47. The van der Waals surface area contributed by atoms with Crippen LogP contribution in [0.3, 0.4) is 0 Å². The largest absolute Gasteiger partial charge is 0.340 e. The van der Waals surface area contributed by atoms with E-state index in [0.717, 1.165) is 62.5 Å². The molecule has 0 N–H and O–H groups in total. The summed E-state index contributed by atoms with van der Waals surface area (Å²) in [5.74, 6) is 0.336. The van der Waals surface area contributed by atoms with Crippen molar-refractivity contribution >= 4 is 11.8 Å². The number of carbonyl (C=O) groups is 2. The highest BCUT2D eigenvalue weighted by Gasteiger charge is 2.30. The third-order valence-electron chi connectivity index (χ3n) is 6.07. The van der Waals surface area contributed by atoms with E-state index in [1.165, 1.54) is 0 Å². The quantitative estimate of drug-likeness (QED) is 0.789. The molecule has 156 valence electrons. The van der Waals surface area contributed by atoms with E-state index in [0.29, 0.717) is 12.2 Å². The molecule has 2 aromatic rings. The van der Waals surface area contributed by atoms with Crippen LogP contribution in [0.1, 0.15) is 59.7 Å². The molecule has 0 aliphatic carbocycles. The second-order valence-electron chi connectivity index (χ2n) is 8.18. The number of piperidine rings is 1. The zero-order chi connectivity index (χ0) is 20.5. The fourth-order valence-corrected chi connectivity index (χ4v) is 4.46. The van der Waals surface area contributed by atoms with Gasteiger partial charge in [-0.05, 0) is 52.2 Å². The SMILES string of the molecule is CCN1CCCn2nc(C3CCCN(C(=O)Cn4nc(C)cc4C)C3)cc2C1=O. The van der Waals surface area contributed by atoms with Crippen LogP contribution in [0.2, 0.25) is 0 Å². The fourth-order valence-electron chi connectivity index (χ4n) is 4.46. The maximum Gasteiger partial charge on any atom is 0.272 e. The molecule has 1 fully saturated rings. The van der Waals surface area contributed by atoms with Gasteiger partial charge >= 0.3 is 0 Å². The van der Waals surface area contributed by atoms with Gasteiger partial charge < -0.3 is 9.80 Å². The van der Waals surface area contributed by atoms with E-state index in [4.69, 9.17) is 5.10 Å². The molecule has 0 aromatic carbocycles. The first-order valence-corrected chi connectivity index (χ1v) is 10.6. The molecule has 8 nitrogen and oxygen atoms in total. The molecule has 0 saturated carbocycles. The van der Waals surface area contributed by atoms with Gasteiger partial charge in [-0.25, -0.2) is 0 Å². The molecule has 0 spiro atoms. The Morgan fingerprint density at radius 3 is 2.69 bits per heavy atom. The summed E-state index contributed by atoms with van der Waals surface area (Å²) in [4.78, 5) is 29.4. The minimum atomic E-state index is 0.0667. The number of likely N-dealkylation sites (tertiary alicyclic amines) is 1. The highest BCUT2D eigenvalue weighted by molar-refractivity contribution is 5.93. The molecule has 2 aliphatic heterocycles. The summed E-state index contributed by atoms with van der Waals surface area (Å²) in [6, 6.07) is 3.94. The summed E-state index contributed by atoms with van der Waals surface area (Å²) < 4.78 is 3.64. The van der Waals surface area contributed by atoms with E-state index < -0.39 is 0 Å². The van der Waals surface area contributed by atoms with Crippen molar-refractivity contribution < 1.29 is 9.59 Å². The lowest BCUT2D eigenvalue weighted by Crippen LogP contribution is -2.41. The Kier molecular flexibility index (Phi) is 5.43. The van der Waals surface area contributed by atoms with Gasteiger partial charge in [0.25, 0.3) is 5.91 Å². The Bertz CT molecular complexity index is 914. The highest BCUT2D eigenvalue weighted by Crippen LogP contribution is 2.28. The van der Waals surface area contributed by atoms with Crippen LogP contribution >= 0.6 is 0 Å². The number of aryl methyl sites for hydroxylation is 3. The van der Waals surface area contributed by atoms with E-state index in [1.807, 2.05) is 47.4 Å². The predicted molar refractivity (Wildman–Crippen MR) is 109 cm³/mol. The molecule has 2 aliphatic rings. The van der Waals surface area contributed by atoms with Crippen LogP contribution in [0, 0.1) is 13.8 Å². The van der Waals surface area contributed by atoms with E-state index in [-0.39, 0.29) is 24.3 Å². The summed E-state index contributed by atoms with van der Waals surface area (Å²) in [5, 5.41) is 9.17. The average molecular weight is 399 g/mol. The molecule has 4 rings (SSSR count). The van der Waals surface area contributed by atoms with Gasteiger partial charge in [0.2, 0.25) is 5.91 Å². The number of rotatable bonds is 4. The number of fused-ring (bicyclic) bond motifs is 1. The lowest BCUT2D eigenvalue weighted by molar-refractivity contribution is -0.133. The van der Waals surface area contributed by atoms with Crippen molar-refractivity contribution in [1.82, 2.24) is 29.4 Å². The van der Waals surface area contributed by atoms with E-state index in [2.05, 4.69) is 5.10 Å². The lowest BCUT2D eigenvalue weighted by Gasteiger charge is -2.32. The molecule has 1 saturated heterocycles. The number of hydrogen-bond donors (Lipinski definition) is 0. The number of hydrogen-bond acceptors (Lipinski definition) is 4. The van der Waals surface area contributed by atoms with Crippen molar-refractivity contribution in [1.29, 1.82) is 0 Å². The molecule has 1 unspecified atom stereocenters. The monoisotopic (exact) mass is 398 g/mol. The van der Waals surface area contributed by atoms with E-state index in [1.54, 1.807) is 4.68 Å². The van der Waals surface area contributed by atoms with Crippen LogP contribution in [0.5, 0.6) is 0 Å². The van der Waals surface area contributed by atoms with Crippen LogP contribution < -0.4 is 0 Å². The topological polar surface area (TPSA) is 76.3 Å². The number of amides is 2. The number of carbonyl (C=O) groups excluding carboxylic acids is 2. The Morgan fingerprint density at radius 1 is 1.14 bits per heavy atom.